The minimum Gasteiger partial charge on any atom is -0.350 e. The molecule has 0 bridgehead atoms. The summed E-state index contributed by atoms with van der Waals surface area (Å²) in [4.78, 5) is 25.2. The molecular weight excluding hydrogens is 356 g/mol. The Morgan fingerprint density at radius 2 is 1.96 bits per heavy atom. The molecular formula is C21H24N4O3. The van der Waals surface area contributed by atoms with E-state index in [9.17, 15) is 14.9 Å². The van der Waals surface area contributed by atoms with E-state index in [0.29, 0.717) is 17.7 Å². The maximum Gasteiger partial charge on any atom is 0.272 e. The largest absolute Gasteiger partial charge is 0.350 e. The van der Waals surface area contributed by atoms with E-state index < -0.39 is 4.92 Å². The maximum atomic E-state index is 12.6. The van der Waals surface area contributed by atoms with Gasteiger partial charge in [-0.2, -0.15) is 0 Å². The fourth-order valence-electron chi connectivity index (χ4n) is 3.50. The lowest BCUT2D eigenvalue weighted by molar-refractivity contribution is -0.385. The molecule has 146 valence electrons. The van der Waals surface area contributed by atoms with Crippen molar-refractivity contribution in [3.63, 3.8) is 0 Å². The number of fused-ring (bicyclic) bond motifs is 1. The monoisotopic (exact) mass is 380 g/mol. The molecule has 1 N–H and O–H groups in total. The second-order valence-electron chi connectivity index (χ2n) is 7.16. The van der Waals surface area contributed by atoms with E-state index in [1.165, 1.54) is 12.1 Å². The van der Waals surface area contributed by atoms with Crippen molar-refractivity contribution in [2.75, 3.05) is 20.6 Å². The van der Waals surface area contributed by atoms with Gasteiger partial charge in [0.25, 0.3) is 11.6 Å². The third-order valence-electron chi connectivity index (χ3n) is 5.02. The molecule has 1 atom stereocenters. The summed E-state index contributed by atoms with van der Waals surface area (Å²) in [6, 6.07) is 12.6. The van der Waals surface area contributed by atoms with E-state index in [0.717, 1.165) is 16.5 Å². The van der Waals surface area contributed by atoms with E-state index in [-0.39, 0.29) is 17.6 Å². The van der Waals surface area contributed by atoms with Crippen LogP contribution in [-0.2, 0) is 7.05 Å². The van der Waals surface area contributed by atoms with E-state index in [4.69, 9.17) is 0 Å². The van der Waals surface area contributed by atoms with E-state index in [1.54, 1.807) is 13.0 Å². The lowest BCUT2D eigenvalue weighted by Gasteiger charge is -2.24. The Kier molecular flexibility index (Phi) is 5.46. The third kappa shape index (κ3) is 3.75. The van der Waals surface area contributed by atoms with Gasteiger partial charge in [0.2, 0.25) is 0 Å². The summed E-state index contributed by atoms with van der Waals surface area (Å²) in [7, 11) is 5.97. The smallest absolute Gasteiger partial charge is 0.272 e. The van der Waals surface area contributed by atoms with Gasteiger partial charge in [0, 0.05) is 47.9 Å². The summed E-state index contributed by atoms with van der Waals surface area (Å²) < 4.78 is 2.09. The van der Waals surface area contributed by atoms with Crippen LogP contribution in [0.5, 0.6) is 0 Å². The van der Waals surface area contributed by atoms with Crippen LogP contribution in [0.1, 0.15) is 27.5 Å². The first kappa shape index (κ1) is 19.6. The Morgan fingerprint density at radius 3 is 2.61 bits per heavy atom. The molecule has 0 spiro atoms. The minimum absolute atomic E-state index is 0.00537. The Labute approximate surface area is 163 Å². The van der Waals surface area contributed by atoms with Crippen LogP contribution in [-0.4, -0.2) is 40.9 Å². The highest BCUT2D eigenvalue weighted by Crippen LogP contribution is 2.28. The molecule has 1 unspecified atom stereocenters. The van der Waals surface area contributed by atoms with Crippen molar-refractivity contribution >= 4 is 22.5 Å². The number of carbonyl (C=O) groups excluding carboxylic acids is 1. The number of hydrogen-bond acceptors (Lipinski definition) is 4. The predicted molar refractivity (Wildman–Crippen MR) is 110 cm³/mol. The number of benzene rings is 2. The molecule has 1 amide bonds. The zero-order chi connectivity index (χ0) is 20.4. The van der Waals surface area contributed by atoms with Gasteiger partial charge in [0.15, 0.2) is 0 Å². The van der Waals surface area contributed by atoms with Gasteiger partial charge >= 0.3 is 0 Å². The van der Waals surface area contributed by atoms with Crippen molar-refractivity contribution in [3.8, 4) is 0 Å². The number of amides is 1. The molecule has 0 aliphatic rings. The molecule has 0 aliphatic heterocycles. The number of hydrogen-bond donors (Lipinski definition) is 1. The zero-order valence-corrected chi connectivity index (χ0v) is 16.5. The molecule has 3 aromatic rings. The van der Waals surface area contributed by atoms with Crippen molar-refractivity contribution < 1.29 is 9.72 Å². The third-order valence-corrected chi connectivity index (χ3v) is 5.02. The highest BCUT2D eigenvalue weighted by atomic mass is 16.6. The summed E-state index contributed by atoms with van der Waals surface area (Å²) in [5, 5.41) is 15.1. The molecule has 28 heavy (non-hydrogen) atoms. The summed E-state index contributed by atoms with van der Waals surface area (Å²) in [6.45, 7) is 2.06. The van der Waals surface area contributed by atoms with Gasteiger partial charge in [0.1, 0.15) is 0 Å². The molecule has 0 saturated carbocycles. The quantitative estimate of drug-likeness (QED) is 0.525. The number of nitrogens with zero attached hydrogens (tertiary/aromatic N) is 3. The molecule has 0 fully saturated rings. The second kappa shape index (κ2) is 7.82. The first-order valence-corrected chi connectivity index (χ1v) is 9.03. The van der Waals surface area contributed by atoms with Crippen LogP contribution in [0.15, 0.2) is 48.7 Å². The summed E-state index contributed by atoms with van der Waals surface area (Å²) in [5.74, 6) is -0.245. The minimum atomic E-state index is -0.445. The van der Waals surface area contributed by atoms with Crippen LogP contribution in [0.25, 0.3) is 10.9 Å². The van der Waals surface area contributed by atoms with Crippen LogP contribution >= 0.6 is 0 Å². The number of nitro groups is 1. The maximum absolute atomic E-state index is 12.6. The topological polar surface area (TPSA) is 80.4 Å². The standard InChI is InChI=1S/C21H24N4O3/c1-14-11-15(9-10-18(14)25(27)28)21(26)22-12-20(23(2)3)17-13-24(4)19-8-6-5-7-16(17)19/h5-11,13,20H,12H2,1-4H3,(H,22,26). The molecule has 0 saturated heterocycles. The van der Waals surface area contributed by atoms with Gasteiger partial charge in [-0.1, -0.05) is 18.2 Å². The molecule has 0 aliphatic carbocycles. The molecule has 2 aromatic carbocycles. The SMILES string of the molecule is Cc1cc(C(=O)NCC(c2cn(C)c3ccccc23)N(C)C)ccc1[N+](=O)[O-]. The number of para-hydroxylation sites is 1. The van der Waals surface area contributed by atoms with Crippen LogP contribution in [0, 0.1) is 17.0 Å². The van der Waals surface area contributed by atoms with Crippen LogP contribution in [0.2, 0.25) is 0 Å². The van der Waals surface area contributed by atoms with Gasteiger partial charge < -0.3 is 14.8 Å². The van der Waals surface area contributed by atoms with Crippen molar-refractivity contribution in [1.29, 1.82) is 0 Å². The van der Waals surface area contributed by atoms with Crippen molar-refractivity contribution in [2.24, 2.45) is 7.05 Å². The lowest BCUT2D eigenvalue weighted by atomic mass is 10.0. The number of nitro benzene ring substituents is 1. The van der Waals surface area contributed by atoms with Crippen molar-refractivity contribution in [3.05, 3.63) is 75.5 Å². The molecule has 7 heteroatoms. The number of nitrogens with one attached hydrogen (secondary N) is 1. The number of aromatic nitrogens is 1. The lowest BCUT2D eigenvalue weighted by Crippen LogP contribution is -2.34. The van der Waals surface area contributed by atoms with Crippen LogP contribution in [0.4, 0.5) is 5.69 Å². The molecule has 1 heterocycles. The van der Waals surface area contributed by atoms with E-state index in [2.05, 4.69) is 33.1 Å². The van der Waals surface area contributed by atoms with Crippen molar-refractivity contribution in [1.82, 2.24) is 14.8 Å². The van der Waals surface area contributed by atoms with Crippen LogP contribution in [0.3, 0.4) is 0 Å². The zero-order valence-electron chi connectivity index (χ0n) is 16.5. The van der Waals surface area contributed by atoms with Crippen LogP contribution < -0.4 is 5.32 Å². The van der Waals surface area contributed by atoms with Gasteiger partial charge in [-0.15, -0.1) is 0 Å². The second-order valence-corrected chi connectivity index (χ2v) is 7.16. The highest BCUT2D eigenvalue weighted by molar-refractivity contribution is 5.94. The number of rotatable bonds is 6. The van der Waals surface area contributed by atoms with E-state index >= 15 is 0 Å². The Morgan fingerprint density at radius 1 is 1.25 bits per heavy atom. The Balaban J connectivity index is 1.81. The molecule has 3 rings (SSSR count). The number of carbonyl (C=O) groups is 1. The Bertz CT molecular complexity index is 1040. The van der Waals surface area contributed by atoms with Gasteiger partial charge in [0.05, 0.1) is 11.0 Å². The highest BCUT2D eigenvalue weighted by Gasteiger charge is 2.21. The average molecular weight is 380 g/mol. The number of aryl methyl sites for hydroxylation is 2. The number of likely N-dealkylation sites (N-methyl/N-ethyl adjacent to an activating group) is 1. The molecule has 0 radical (unpaired) electrons. The predicted octanol–water partition coefficient (Wildman–Crippen LogP) is 3.43. The summed E-state index contributed by atoms with van der Waals surface area (Å²) in [6.07, 6.45) is 2.09. The molecule has 7 nitrogen and oxygen atoms in total. The first-order chi connectivity index (χ1) is 13.3. The fourth-order valence-corrected chi connectivity index (χ4v) is 3.50. The summed E-state index contributed by atoms with van der Waals surface area (Å²) >= 11 is 0. The first-order valence-electron chi connectivity index (χ1n) is 9.03. The van der Waals surface area contributed by atoms with Crippen molar-refractivity contribution in [2.45, 2.75) is 13.0 Å². The van der Waals surface area contributed by atoms with E-state index in [1.807, 2.05) is 33.3 Å². The van der Waals surface area contributed by atoms with Gasteiger partial charge in [-0.3, -0.25) is 14.9 Å². The normalized spacial score (nSPS) is 12.3. The summed E-state index contributed by atoms with van der Waals surface area (Å²) in [5.41, 5.74) is 3.18. The van der Waals surface area contributed by atoms with Gasteiger partial charge in [-0.05, 0) is 44.8 Å². The Hall–Kier alpha value is -3.19. The molecule has 1 aromatic heterocycles. The fraction of sp³-hybridized carbons (Fsp3) is 0.286. The van der Waals surface area contributed by atoms with Gasteiger partial charge in [-0.25, -0.2) is 0 Å². The average Bonchev–Trinajstić information content (AvgIpc) is 2.98.